The van der Waals surface area contributed by atoms with Crippen molar-refractivity contribution < 1.29 is 18.3 Å². The van der Waals surface area contributed by atoms with Crippen molar-refractivity contribution in [2.75, 3.05) is 0 Å². The monoisotopic (exact) mass is 434 g/mol. The van der Waals surface area contributed by atoms with Crippen LogP contribution in [0.4, 0.5) is 0 Å². The maximum absolute atomic E-state index is 13.2. The van der Waals surface area contributed by atoms with Gasteiger partial charge in [-0.15, -0.1) is 0 Å². The SMILES string of the molecule is Cc1ccccc1S(=O)(=O)N[C@@H](c1cccc2ccccc12)[C@@H](O)C(=O)n1cccc1. The van der Waals surface area contributed by atoms with Crippen LogP contribution in [0.1, 0.15) is 22.0 Å². The van der Waals surface area contributed by atoms with E-state index < -0.39 is 28.1 Å². The maximum Gasteiger partial charge on any atom is 0.261 e. The van der Waals surface area contributed by atoms with Gasteiger partial charge in [0.15, 0.2) is 6.10 Å². The van der Waals surface area contributed by atoms with Crippen LogP contribution in [0.25, 0.3) is 10.8 Å². The summed E-state index contributed by atoms with van der Waals surface area (Å²) in [6.45, 7) is 1.70. The summed E-state index contributed by atoms with van der Waals surface area (Å²) < 4.78 is 30.3. The van der Waals surface area contributed by atoms with Gasteiger partial charge in [-0.1, -0.05) is 60.7 Å². The molecule has 4 rings (SSSR count). The van der Waals surface area contributed by atoms with Gasteiger partial charge in [0.1, 0.15) is 0 Å². The molecule has 3 aromatic carbocycles. The van der Waals surface area contributed by atoms with E-state index in [1.807, 2.05) is 30.3 Å². The fraction of sp³-hybridized carbons (Fsp3) is 0.125. The Labute approximate surface area is 180 Å². The molecule has 31 heavy (non-hydrogen) atoms. The highest BCUT2D eigenvalue weighted by Gasteiger charge is 2.34. The fourth-order valence-electron chi connectivity index (χ4n) is 3.69. The van der Waals surface area contributed by atoms with E-state index in [9.17, 15) is 18.3 Å². The molecule has 0 bridgehead atoms. The number of benzene rings is 3. The first-order valence-corrected chi connectivity index (χ1v) is 11.3. The second kappa shape index (κ2) is 8.47. The lowest BCUT2D eigenvalue weighted by molar-refractivity contribution is 0.0587. The summed E-state index contributed by atoms with van der Waals surface area (Å²) in [5.41, 5.74) is 1.08. The summed E-state index contributed by atoms with van der Waals surface area (Å²) in [7, 11) is -4.03. The molecule has 1 heterocycles. The minimum atomic E-state index is -4.03. The van der Waals surface area contributed by atoms with Crippen molar-refractivity contribution in [1.29, 1.82) is 0 Å². The number of rotatable bonds is 6. The first-order valence-electron chi connectivity index (χ1n) is 9.79. The van der Waals surface area contributed by atoms with Crippen LogP contribution in [-0.4, -0.2) is 30.1 Å². The van der Waals surface area contributed by atoms with E-state index in [-0.39, 0.29) is 4.90 Å². The summed E-state index contributed by atoms with van der Waals surface area (Å²) in [6, 6.07) is 21.6. The molecule has 0 aliphatic carbocycles. The lowest BCUT2D eigenvalue weighted by atomic mass is 9.95. The molecule has 0 saturated heterocycles. The number of aliphatic hydroxyl groups is 1. The Morgan fingerprint density at radius 3 is 2.29 bits per heavy atom. The molecule has 0 unspecified atom stereocenters. The Balaban J connectivity index is 1.83. The number of nitrogens with zero attached hydrogens (tertiary/aromatic N) is 1. The summed E-state index contributed by atoms with van der Waals surface area (Å²) in [6.07, 6.45) is 1.39. The third-order valence-corrected chi connectivity index (χ3v) is 6.85. The summed E-state index contributed by atoms with van der Waals surface area (Å²) in [4.78, 5) is 13.0. The van der Waals surface area contributed by atoms with Crippen molar-refractivity contribution >= 4 is 26.7 Å². The van der Waals surface area contributed by atoms with Crippen LogP contribution in [-0.2, 0) is 10.0 Å². The van der Waals surface area contributed by atoms with Crippen LogP contribution >= 0.6 is 0 Å². The normalized spacial score (nSPS) is 13.7. The van der Waals surface area contributed by atoms with E-state index in [1.54, 1.807) is 49.4 Å². The van der Waals surface area contributed by atoms with Gasteiger partial charge in [0.05, 0.1) is 10.9 Å². The molecule has 4 aromatic rings. The number of hydrogen-bond donors (Lipinski definition) is 2. The van der Waals surface area contributed by atoms with Crippen molar-refractivity contribution in [2.45, 2.75) is 24.0 Å². The largest absolute Gasteiger partial charge is 0.381 e. The number of fused-ring (bicyclic) bond motifs is 1. The van der Waals surface area contributed by atoms with Gasteiger partial charge in [-0.2, -0.15) is 0 Å². The predicted octanol–water partition coefficient (Wildman–Crippen LogP) is 3.67. The molecule has 2 atom stereocenters. The highest BCUT2D eigenvalue weighted by Crippen LogP contribution is 2.29. The fourth-order valence-corrected chi connectivity index (χ4v) is 5.15. The Bertz CT molecular complexity index is 1330. The van der Waals surface area contributed by atoms with Gasteiger partial charge in [-0.3, -0.25) is 9.36 Å². The first-order chi connectivity index (χ1) is 14.9. The Hall–Kier alpha value is -3.26. The van der Waals surface area contributed by atoms with Gasteiger partial charge in [0.2, 0.25) is 10.0 Å². The minimum Gasteiger partial charge on any atom is -0.381 e. The van der Waals surface area contributed by atoms with Crippen molar-refractivity contribution in [1.82, 2.24) is 9.29 Å². The highest BCUT2D eigenvalue weighted by atomic mass is 32.2. The smallest absolute Gasteiger partial charge is 0.261 e. The van der Waals surface area contributed by atoms with Crippen molar-refractivity contribution in [3.05, 3.63) is 102 Å². The van der Waals surface area contributed by atoms with Gasteiger partial charge in [-0.25, -0.2) is 13.1 Å². The topological polar surface area (TPSA) is 88.4 Å². The van der Waals surface area contributed by atoms with Crippen LogP contribution in [0.15, 0.2) is 96.2 Å². The third-order valence-electron chi connectivity index (χ3n) is 5.25. The average molecular weight is 435 g/mol. The third kappa shape index (κ3) is 4.16. The van der Waals surface area contributed by atoms with E-state index in [1.165, 1.54) is 23.0 Å². The standard InChI is InChI=1S/C24H22N2O4S/c1-17-9-2-5-14-21(17)31(29,30)25-22(23(27)24(28)26-15-6-7-16-26)20-13-8-11-18-10-3-4-12-19(18)20/h2-16,22-23,25,27H,1H3/t22-,23+/m0/s1. The van der Waals surface area contributed by atoms with Gasteiger partial charge in [0.25, 0.3) is 5.91 Å². The van der Waals surface area contributed by atoms with Crippen molar-refractivity contribution in [2.24, 2.45) is 0 Å². The van der Waals surface area contributed by atoms with Crippen LogP contribution in [0.3, 0.4) is 0 Å². The summed E-state index contributed by atoms with van der Waals surface area (Å²) in [5.74, 6) is -0.629. The lowest BCUT2D eigenvalue weighted by Crippen LogP contribution is -2.42. The van der Waals surface area contributed by atoms with E-state index >= 15 is 0 Å². The second-order valence-electron chi connectivity index (χ2n) is 7.31. The molecule has 158 valence electrons. The van der Waals surface area contributed by atoms with Gasteiger partial charge < -0.3 is 5.11 Å². The molecule has 0 aliphatic heterocycles. The molecule has 2 N–H and O–H groups in total. The van der Waals surface area contributed by atoms with Crippen LogP contribution < -0.4 is 4.72 Å². The molecule has 0 spiro atoms. The van der Waals surface area contributed by atoms with E-state index in [2.05, 4.69) is 4.72 Å². The lowest BCUT2D eigenvalue weighted by Gasteiger charge is -2.25. The number of sulfonamides is 1. The number of carbonyl (C=O) groups is 1. The Kier molecular flexibility index (Phi) is 5.73. The van der Waals surface area contributed by atoms with Gasteiger partial charge >= 0.3 is 0 Å². The van der Waals surface area contributed by atoms with E-state index in [0.29, 0.717) is 11.1 Å². The highest BCUT2D eigenvalue weighted by molar-refractivity contribution is 7.89. The number of aromatic nitrogens is 1. The number of aliphatic hydroxyl groups excluding tert-OH is 1. The van der Waals surface area contributed by atoms with Gasteiger partial charge in [-0.05, 0) is 47.0 Å². The Morgan fingerprint density at radius 1 is 0.903 bits per heavy atom. The number of nitrogens with one attached hydrogen (secondary N) is 1. The van der Waals surface area contributed by atoms with Crippen LogP contribution in [0, 0.1) is 6.92 Å². The molecule has 0 aliphatic rings. The van der Waals surface area contributed by atoms with Crippen molar-refractivity contribution in [3.63, 3.8) is 0 Å². The van der Waals surface area contributed by atoms with Crippen LogP contribution in [0.2, 0.25) is 0 Å². The van der Waals surface area contributed by atoms with E-state index in [0.717, 1.165) is 10.8 Å². The quantitative estimate of drug-likeness (QED) is 0.485. The Morgan fingerprint density at radius 2 is 1.55 bits per heavy atom. The average Bonchev–Trinajstić information content (AvgIpc) is 3.31. The predicted molar refractivity (Wildman–Crippen MR) is 119 cm³/mol. The molecular formula is C24H22N2O4S. The maximum atomic E-state index is 13.2. The minimum absolute atomic E-state index is 0.0980. The van der Waals surface area contributed by atoms with E-state index in [4.69, 9.17) is 0 Å². The van der Waals surface area contributed by atoms with Crippen molar-refractivity contribution in [3.8, 4) is 0 Å². The number of carbonyl (C=O) groups excluding carboxylic acids is 1. The van der Waals surface area contributed by atoms with Crippen LogP contribution in [0.5, 0.6) is 0 Å². The molecule has 6 nitrogen and oxygen atoms in total. The second-order valence-corrected chi connectivity index (χ2v) is 8.99. The molecule has 1 aromatic heterocycles. The summed E-state index contributed by atoms with van der Waals surface area (Å²) in [5, 5.41) is 12.7. The zero-order valence-corrected chi connectivity index (χ0v) is 17.7. The number of aryl methyl sites for hydroxylation is 1. The zero-order valence-electron chi connectivity index (χ0n) is 16.8. The molecule has 0 fully saturated rings. The molecule has 0 amide bonds. The molecule has 7 heteroatoms. The zero-order chi connectivity index (χ0) is 22.0. The first kappa shape index (κ1) is 21.0. The van der Waals surface area contributed by atoms with Gasteiger partial charge in [0, 0.05) is 12.4 Å². The number of hydrogen-bond acceptors (Lipinski definition) is 4. The molecule has 0 saturated carbocycles. The molecule has 0 radical (unpaired) electrons. The summed E-state index contributed by atoms with van der Waals surface area (Å²) >= 11 is 0. The molecular weight excluding hydrogens is 412 g/mol.